The van der Waals surface area contributed by atoms with E-state index in [0.717, 1.165) is 4.31 Å². The van der Waals surface area contributed by atoms with Crippen molar-refractivity contribution in [2.45, 2.75) is 17.4 Å². The van der Waals surface area contributed by atoms with Crippen LogP contribution in [0.4, 0.5) is 0 Å². The number of aliphatic hydroxyl groups is 1. The minimum atomic E-state index is -3.68. The zero-order chi connectivity index (χ0) is 28.2. The first-order valence-electron chi connectivity index (χ1n) is 12.3. The summed E-state index contributed by atoms with van der Waals surface area (Å²) in [5.41, 5.74) is 0.704. The van der Waals surface area contributed by atoms with Gasteiger partial charge in [0, 0.05) is 39.9 Å². The van der Waals surface area contributed by atoms with Crippen LogP contribution >= 0.6 is 0 Å². The van der Waals surface area contributed by atoms with Crippen LogP contribution < -0.4 is 4.74 Å². The molecule has 1 N–H and O–H groups in total. The lowest BCUT2D eigenvalue weighted by Crippen LogP contribution is -2.31. The number of hydrogen-bond acceptors (Lipinski definition) is 7. The summed E-state index contributed by atoms with van der Waals surface area (Å²) in [6, 6.07) is 20.8. The molecule has 1 heterocycles. The Morgan fingerprint density at radius 2 is 1.62 bits per heavy atom. The summed E-state index contributed by atoms with van der Waals surface area (Å²) >= 11 is 0. The van der Waals surface area contributed by atoms with Crippen LogP contribution in [-0.4, -0.2) is 68.8 Å². The Bertz CT molecular complexity index is 1480. The number of ketones is 1. The van der Waals surface area contributed by atoms with Gasteiger partial charge in [-0.3, -0.25) is 9.59 Å². The molecular weight excluding hydrogens is 520 g/mol. The predicted molar refractivity (Wildman–Crippen MR) is 146 cm³/mol. The molecule has 0 saturated carbocycles. The average Bonchev–Trinajstić information content (AvgIpc) is 3.18. The number of carbonyl (C=O) groups is 2. The van der Waals surface area contributed by atoms with Crippen molar-refractivity contribution in [3.63, 3.8) is 0 Å². The Hall–Kier alpha value is -3.99. The molecule has 0 aromatic heterocycles. The van der Waals surface area contributed by atoms with Crippen molar-refractivity contribution in [2.24, 2.45) is 0 Å². The van der Waals surface area contributed by atoms with E-state index in [1.54, 1.807) is 31.4 Å². The number of nitrogens with zero attached hydrogens (tertiary/aromatic N) is 2. The molecule has 0 bridgehead atoms. The molecule has 3 aromatic rings. The molecule has 0 radical (unpaired) electrons. The summed E-state index contributed by atoms with van der Waals surface area (Å²) in [4.78, 5) is 27.9. The molecule has 1 aliphatic rings. The molecule has 39 heavy (non-hydrogen) atoms. The van der Waals surface area contributed by atoms with Crippen LogP contribution in [0.3, 0.4) is 0 Å². The van der Waals surface area contributed by atoms with Crippen molar-refractivity contribution in [1.29, 1.82) is 0 Å². The maximum atomic E-state index is 13.3. The van der Waals surface area contributed by atoms with E-state index in [2.05, 4.69) is 0 Å². The Balaban J connectivity index is 1.78. The second-order valence-corrected chi connectivity index (χ2v) is 11.3. The van der Waals surface area contributed by atoms with Gasteiger partial charge in [-0.15, -0.1) is 0 Å². The van der Waals surface area contributed by atoms with Crippen LogP contribution in [0.2, 0.25) is 0 Å². The number of rotatable bonds is 10. The first-order chi connectivity index (χ1) is 18.6. The fraction of sp³-hybridized carbons (Fsp3) is 0.241. The van der Waals surface area contributed by atoms with Crippen LogP contribution in [0.25, 0.3) is 5.76 Å². The lowest BCUT2D eigenvalue weighted by Gasteiger charge is -2.25. The van der Waals surface area contributed by atoms with Crippen molar-refractivity contribution >= 4 is 27.5 Å². The molecule has 10 heteroatoms. The van der Waals surface area contributed by atoms with E-state index in [0.29, 0.717) is 30.1 Å². The normalized spacial score (nSPS) is 17.1. The predicted octanol–water partition coefficient (Wildman–Crippen LogP) is 4.19. The molecular formula is C29H30N2O7S. The number of likely N-dealkylation sites (tertiary alicyclic amines) is 1. The molecule has 1 aliphatic heterocycles. The third-order valence-electron chi connectivity index (χ3n) is 6.35. The van der Waals surface area contributed by atoms with Gasteiger partial charge < -0.3 is 19.5 Å². The van der Waals surface area contributed by atoms with Gasteiger partial charge in [-0.25, -0.2) is 12.7 Å². The lowest BCUT2D eigenvalue weighted by molar-refractivity contribution is -0.140. The first kappa shape index (κ1) is 28.0. The number of sulfonamides is 1. The van der Waals surface area contributed by atoms with Crippen molar-refractivity contribution in [1.82, 2.24) is 9.21 Å². The van der Waals surface area contributed by atoms with Gasteiger partial charge in [-0.2, -0.15) is 0 Å². The Kier molecular flexibility index (Phi) is 8.49. The summed E-state index contributed by atoms with van der Waals surface area (Å²) in [6.07, 6.45) is 0.483. The van der Waals surface area contributed by atoms with Crippen LogP contribution in [0.1, 0.15) is 23.6 Å². The van der Waals surface area contributed by atoms with Gasteiger partial charge in [0.1, 0.15) is 17.3 Å². The Morgan fingerprint density at radius 1 is 0.949 bits per heavy atom. The minimum Gasteiger partial charge on any atom is -0.507 e. The highest BCUT2D eigenvalue weighted by atomic mass is 32.2. The fourth-order valence-electron chi connectivity index (χ4n) is 4.36. The van der Waals surface area contributed by atoms with Gasteiger partial charge in [-0.1, -0.05) is 30.3 Å². The SMILES string of the molecule is COCCCN1C(=O)C(=O)/C(=C(\O)c2ccc(S(=O)(=O)N(C)C)cc2)C1c1cccc(Oc2ccccc2)c1. The zero-order valence-electron chi connectivity index (χ0n) is 21.9. The molecule has 3 aromatic carbocycles. The highest BCUT2D eigenvalue weighted by Gasteiger charge is 2.46. The standard InChI is InChI=1S/C29H30N2O7S/c1-30(2)39(35,36)24-15-13-20(14-16-24)27(32)25-26(31(17-8-18-37-3)29(34)28(25)33)21-9-7-12-23(19-21)38-22-10-5-4-6-11-22/h4-7,9-16,19,26,32H,8,17-18H2,1-3H3/b27-25-. The Labute approximate surface area is 227 Å². The largest absolute Gasteiger partial charge is 0.507 e. The first-order valence-corrected chi connectivity index (χ1v) is 13.7. The molecule has 0 aliphatic carbocycles. The van der Waals surface area contributed by atoms with Gasteiger partial charge in [0.15, 0.2) is 0 Å². The topological polar surface area (TPSA) is 113 Å². The zero-order valence-corrected chi connectivity index (χ0v) is 22.7. The van der Waals surface area contributed by atoms with Crippen molar-refractivity contribution < 1.29 is 32.6 Å². The van der Waals surface area contributed by atoms with Gasteiger partial charge in [0.05, 0.1) is 16.5 Å². The van der Waals surface area contributed by atoms with Crippen molar-refractivity contribution in [3.8, 4) is 11.5 Å². The summed E-state index contributed by atoms with van der Waals surface area (Å²) in [5.74, 6) is -0.833. The highest BCUT2D eigenvalue weighted by Crippen LogP contribution is 2.40. The molecule has 1 unspecified atom stereocenters. The smallest absolute Gasteiger partial charge is 0.295 e. The number of para-hydroxylation sites is 1. The maximum Gasteiger partial charge on any atom is 0.295 e. The molecule has 4 rings (SSSR count). The molecule has 1 atom stereocenters. The molecule has 1 fully saturated rings. The number of carbonyl (C=O) groups excluding carboxylic acids is 2. The van der Waals surface area contributed by atoms with Crippen LogP contribution in [0.15, 0.2) is 89.3 Å². The second kappa shape index (κ2) is 11.8. The lowest BCUT2D eigenvalue weighted by atomic mass is 9.95. The molecule has 204 valence electrons. The molecule has 1 amide bonds. The van der Waals surface area contributed by atoms with E-state index in [4.69, 9.17) is 9.47 Å². The minimum absolute atomic E-state index is 0.0337. The summed E-state index contributed by atoms with van der Waals surface area (Å²) in [5, 5.41) is 11.3. The van der Waals surface area contributed by atoms with E-state index in [-0.39, 0.29) is 22.6 Å². The molecule has 9 nitrogen and oxygen atoms in total. The molecule has 0 spiro atoms. The third kappa shape index (κ3) is 5.88. The van der Waals surface area contributed by atoms with Crippen molar-refractivity contribution in [2.75, 3.05) is 34.4 Å². The second-order valence-electron chi connectivity index (χ2n) is 9.14. The summed E-state index contributed by atoms with van der Waals surface area (Å²) < 4.78 is 37.1. The van der Waals surface area contributed by atoms with E-state index >= 15 is 0 Å². The Morgan fingerprint density at radius 3 is 2.26 bits per heavy atom. The number of benzene rings is 3. The maximum absolute atomic E-state index is 13.3. The third-order valence-corrected chi connectivity index (χ3v) is 8.18. The van der Waals surface area contributed by atoms with Crippen LogP contribution in [0, 0.1) is 0 Å². The van der Waals surface area contributed by atoms with E-state index in [1.165, 1.54) is 43.3 Å². The van der Waals surface area contributed by atoms with Crippen LogP contribution in [-0.2, 0) is 24.3 Å². The number of hydrogen-bond donors (Lipinski definition) is 1. The van der Waals surface area contributed by atoms with Crippen molar-refractivity contribution in [3.05, 3.63) is 95.6 Å². The number of Topliss-reactive ketones (excluding diaryl/α,β-unsaturated/α-hetero) is 1. The number of aliphatic hydroxyl groups excluding tert-OH is 1. The van der Waals surface area contributed by atoms with Gasteiger partial charge in [-0.05, 0) is 60.5 Å². The number of amides is 1. The van der Waals surface area contributed by atoms with Gasteiger partial charge >= 0.3 is 0 Å². The van der Waals surface area contributed by atoms with Gasteiger partial charge in [0.2, 0.25) is 10.0 Å². The highest BCUT2D eigenvalue weighted by molar-refractivity contribution is 7.89. The van der Waals surface area contributed by atoms with Crippen LogP contribution in [0.5, 0.6) is 11.5 Å². The quantitative estimate of drug-likeness (QED) is 0.174. The number of ether oxygens (including phenoxy) is 2. The summed E-state index contributed by atoms with van der Waals surface area (Å²) in [7, 11) is 0.709. The number of methoxy groups -OCH3 is 1. The van der Waals surface area contributed by atoms with E-state index < -0.39 is 33.5 Å². The average molecular weight is 551 g/mol. The molecule has 1 saturated heterocycles. The van der Waals surface area contributed by atoms with Gasteiger partial charge in [0.25, 0.3) is 11.7 Å². The fourth-order valence-corrected chi connectivity index (χ4v) is 5.26. The van der Waals surface area contributed by atoms with E-state index in [9.17, 15) is 23.1 Å². The summed E-state index contributed by atoms with van der Waals surface area (Å²) in [6.45, 7) is 0.609. The monoisotopic (exact) mass is 550 g/mol. The van der Waals surface area contributed by atoms with E-state index in [1.807, 2.05) is 30.3 Å².